The summed E-state index contributed by atoms with van der Waals surface area (Å²) in [5.74, 6) is -0.912. The maximum absolute atomic E-state index is 12.9. The molecule has 0 aliphatic rings. The van der Waals surface area contributed by atoms with Crippen LogP contribution in [0.3, 0.4) is 0 Å². The molecule has 0 saturated carbocycles. The molecule has 0 aromatic heterocycles. The van der Waals surface area contributed by atoms with Crippen molar-refractivity contribution < 1.29 is 28.6 Å². The van der Waals surface area contributed by atoms with Gasteiger partial charge in [-0.15, -0.1) is 0 Å². The van der Waals surface area contributed by atoms with E-state index in [-0.39, 0.29) is 31.1 Å². The molecule has 0 amide bonds. The summed E-state index contributed by atoms with van der Waals surface area (Å²) in [6.07, 6.45) is 81.1. The van der Waals surface area contributed by atoms with Crippen LogP contribution in [-0.4, -0.2) is 37.2 Å². The molecule has 6 nitrogen and oxygen atoms in total. The maximum atomic E-state index is 12.9. The maximum Gasteiger partial charge on any atom is 0.306 e. The summed E-state index contributed by atoms with van der Waals surface area (Å²) < 4.78 is 16.9. The smallest absolute Gasteiger partial charge is 0.306 e. The summed E-state index contributed by atoms with van der Waals surface area (Å²) in [4.78, 5) is 38.3. The number of allylic oxidation sites excluding steroid dienone is 16. The van der Waals surface area contributed by atoms with Gasteiger partial charge in [-0.3, -0.25) is 14.4 Å². The summed E-state index contributed by atoms with van der Waals surface area (Å²) in [7, 11) is 0. The minimum absolute atomic E-state index is 0.0898. The lowest BCUT2D eigenvalue weighted by Crippen LogP contribution is -2.30. The second-order valence-electron chi connectivity index (χ2n) is 20.2. The molecular weight excluding hydrogens is 901 g/mol. The van der Waals surface area contributed by atoms with Crippen LogP contribution in [-0.2, 0) is 28.6 Å². The molecule has 0 bridgehead atoms. The van der Waals surface area contributed by atoms with Crippen LogP contribution in [0.15, 0.2) is 97.2 Å². The summed E-state index contributed by atoms with van der Waals surface area (Å²) in [5, 5.41) is 0. The Labute approximate surface area is 451 Å². The van der Waals surface area contributed by atoms with Crippen molar-refractivity contribution in [1.29, 1.82) is 0 Å². The molecule has 0 rings (SSSR count). The second kappa shape index (κ2) is 60.9. The minimum Gasteiger partial charge on any atom is -0.462 e. The third-order valence-corrected chi connectivity index (χ3v) is 13.0. The number of unbranched alkanes of at least 4 members (excludes halogenated alkanes) is 28. The molecular formula is C67H114O6. The zero-order valence-corrected chi connectivity index (χ0v) is 47.9. The molecule has 0 spiro atoms. The summed E-state index contributed by atoms with van der Waals surface area (Å²) in [6, 6.07) is 0. The van der Waals surface area contributed by atoms with Crippen LogP contribution in [0, 0.1) is 0 Å². The van der Waals surface area contributed by atoms with E-state index in [2.05, 4.69) is 118 Å². The largest absolute Gasteiger partial charge is 0.462 e. The van der Waals surface area contributed by atoms with Gasteiger partial charge in [0.1, 0.15) is 13.2 Å². The van der Waals surface area contributed by atoms with Gasteiger partial charge in [0.25, 0.3) is 0 Å². The first-order chi connectivity index (χ1) is 36.0. The van der Waals surface area contributed by atoms with E-state index in [0.29, 0.717) is 19.3 Å². The monoisotopic (exact) mass is 1010 g/mol. The second-order valence-corrected chi connectivity index (χ2v) is 20.2. The molecule has 1 atom stereocenters. The fourth-order valence-corrected chi connectivity index (χ4v) is 8.44. The van der Waals surface area contributed by atoms with E-state index in [0.717, 1.165) is 122 Å². The first-order valence-corrected chi connectivity index (χ1v) is 30.7. The van der Waals surface area contributed by atoms with E-state index < -0.39 is 6.10 Å². The highest BCUT2D eigenvalue weighted by Crippen LogP contribution is 2.15. The third kappa shape index (κ3) is 59.1. The van der Waals surface area contributed by atoms with Crippen molar-refractivity contribution in [3.05, 3.63) is 97.2 Å². The molecule has 73 heavy (non-hydrogen) atoms. The molecule has 6 heteroatoms. The van der Waals surface area contributed by atoms with E-state index >= 15 is 0 Å². The van der Waals surface area contributed by atoms with Gasteiger partial charge in [-0.1, -0.05) is 246 Å². The van der Waals surface area contributed by atoms with Gasteiger partial charge in [-0.2, -0.15) is 0 Å². The highest BCUT2D eigenvalue weighted by molar-refractivity contribution is 5.71. The third-order valence-electron chi connectivity index (χ3n) is 13.0. The van der Waals surface area contributed by atoms with E-state index in [1.165, 1.54) is 128 Å². The van der Waals surface area contributed by atoms with Crippen LogP contribution in [0.5, 0.6) is 0 Å². The van der Waals surface area contributed by atoms with Crippen molar-refractivity contribution in [2.45, 2.75) is 297 Å². The van der Waals surface area contributed by atoms with Gasteiger partial charge in [0.2, 0.25) is 0 Å². The Morgan fingerprint density at radius 2 is 0.534 bits per heavy atom. The number of hydrogen-bond donors (Lipinski definition) is 0. The highest BCUT2D eigenvalue weighted by Gasteiger charge is 2.19. The van der Waals surface area contributed by atoms with E-state index in [1.807, 2.05) is 0 Å². The number of rotatable bonds is 55. The van der Waals surface area contributed by atoms with Crippen molar-refractivity contribution in [2.24, 2.45) is 0 Å². The predicted molar refractivity (Wildman–Crippen MR) is 316 cm³/mol. The summed E-state index contributed by atoms with van der Waals surface area (Å²) in [5.41, 5.74) is 0. The Bertz CT molecular complexity index is 1440. The number of esters is 3. The lowest BCUT2D eigenvalue weighted by atomic mass is 10.1. The van der Waals surface area contributed by atoms with Gasteiger partial charge >= 0.3 is 17.9 Å². The van der Waals surface area contributed by atoms with Crippen molar-refractivity contribution in [3.8, 4) is 0 Å². The molecule has 0 aliphatic carbocycles. The number of carbonyl (C=O) groups excluding carboxylic acids is 3. The fraction of sp³-hybridized carbons (Fsp3) is 0.716. The lowest BCUT2D eigenvalue weighted by molar-refractivity contribution is -0.167. The number of carbonyl (C=O) groups is 3. The van der Waals surface area contributed by atoms with Gasteiger partial charge in [0.15, 0.2) is 6.10 Å². The average molecular weight is 1020 g/mol. The van der Waals surface area contributed by atoms with Crippen molar-refractivity contribution >= 4 is 17.9 Å². The predicted octanol–water partition coefficient (Wildman–Crippen LogP) is 20.9. The van der Waals surface area contributed by atoms with Gasteiger partial charge < -0.3 is 14.2 Å². The molecule has 0 aliphatic heterocycles. The topological polar surface area (TPSA) is 78.9 Å². The Kier molecular flexibility index (Phi) is 57.8. The lowest BCUT2D eigenvalue weighted by Gasteiger charge is -2.18. The summed E-state index contributed by atoms with van der Waals surface area (Å²) in [6.45, 7) is 6.49. The standard InChI is InChI=1S/C67H114O6/c1-4-7-10-13-16-19-22-25-27-29-31-33-35-37-39-42-45-48-51-54-57-60-66(69)72-63-64(62-71-65(68)59-56-53-50-47-44-41-24-21-18-15-12-9-6-3)73-67(70)61-58-55-52-49-46-43-40-38-36-34-32-30-28-26-23-20-17-14-11-8-5-2/h7,10,16,19,21,23-27,30-33,36,38,64H,4-6,8-9,11-15,17-18,20,22,28-29,34-35,37,39-63H2,1-3H3/b10-7-,19-16-,24-21-,26-23-,27-25-,32-30-,33-31-,38-36-. The van der Waals surface area contributed by atoms with E-state index in [4.69, 9.17) is 14.2 Å². The van der Waals surface area contributed by atoms with Crippen LogP contribution >= 0.6 is 0 Å². The molecule has 0 N–H and O–H groups in total. The number of hydrogen-bond acceptors (Lipinski definition) is 6. The number of ether oxygens (including phenoxy) is 3. The molecule has 0 heterocycles. The van der Waals surface area contributed by atoms with Crippen LogP contribution in [0.2, 0.25) is 0 Å². The molecule has 418 valence electrons. The molecule has 0 saturated heterocycles. The van der Waals surface area contributed by atoms with Crippen LogP contribution < -0.4 is 0 Å². The molecule has 1 unspecified atom stereocenters. The summed E-state index contributed by atoms with van der Waals surface area (Å²) >= 11 is 0. The Balaban J connectivity index is 4.40. The van der Waals surface area contributed by atoms with Crippen LogP contribution in [0.1, 0.15) is 290 Å². The first-order valence-electron chi connectivity index (χ1n) is 30.7. The Morgan fingerprint density at radius 1 is 0.288 bits per heavy atom. The van der Waals surface area contributed by atoms with Gasteiger partial charge in [-0.25, -0.2) is 0 Å². The molecule has 0 aromatic carbocycles. The van der Waals surface area contributed by atoms with Crippen LogP contribution in [0.25, 0.3) is 0 Å². The normalized spacial score (nSPS) is 12.8. The van der Waals surface area contributed by atoms with Gasteiger partial charge in [-0.05, 0) is 122 Å². The molecule has 0 radical (unpaired) electrons. The fourth-order valence-electron chi connectivity index (χ4n) is 8.44. The van der Waals surface area contributed by atoms with E-state index in [9.17, 15) is 14.4 Å². The Morgan fingerprint density at radius 3 is 0.863 bits per heavy atom. The van der Waals surface area contributed by atoms with Gasteiger partial charge in [0, 0.05) is 19.3 Å². The zero-order valence-electron chi connectivity index (χ0n) is 47.9. The SMILES string of the molecule is CC/C=C\C/C=C\C/C=C\C/C=C\CCCCCCCCCCC(=O)OCC(COC(=O)CCCCCCC/C=C\CCCCCC)OC(=O)CCCCCCCC/C=C\C/C=C\C/C=C\CCCCCCC. The Hall–Kier alpha value is -3.67. The van der Waals surface area contributed by atoms with Crippen molar-refractivity contribution in [2.75, 3.05) is 13.2 Å². The molecule has 0 fully saturated rings. The zero-order chi connectivity index (χ0) is 52.9. The average Bonchev–Trinajstić information content (AvgIpc) is 3.39. The van der Waals surface area contributed by atoms with Crippen molar-refractivity contribution in [3.63, 3.8) is 0 Å². The first kappa shape index (κ1) is 69.3. The van der Waals surface area contributed by atoms with E-state index in [1.54, 1.807) is 0 Å². The quantitative estimate of drug-likeness (QED) is 0.0261. The van der Waals surface area contributed by atoms with Gasteiger partial charge in [0.05, 0.1) is 0 Å². The molecule has 0 aromatic rings. The highest BCUT2D eigenvalue weighted by atomic mass is 16.6. The van der Waals surface area contributed by atoms with Crippen molar-refractivity contribution in [1.82, 2.24) is 0 Å². The van der Waals surface area contributed by atoms with Crippen LogP contribution in [0.4, 0.5) is 0 Å². The minimum atomic E-state index is -0.793.